The summed E-state index contributed by atoms with van der Waals surface area (Å²) in [5.41, 5.74) is 0.221. The molecule has 4 rings (SSSR count). The zero-order valence-electron chi connectivity index (χ0n) is 15.7. The number of aldehydes is 1. The van der Waals surface area contributed by atoms with Crippen molar-refractivity contribution in [3.05, 3.63) is 12.2 Å². The summed E-state index contributed by atoms with van der Waals surface area (Å²) in [7, 11) is 0. The Kier molecular flexibility index (Phi) is 4.39. The number of carbonyl (C=O) groups is 1. The summed E-state index contributed by atoms with van der Waals surface area (Å²) in [5, 5.41) is 21.4. The Bertz CT molecular complexity index is 557. The second-order valence-electron chi connectivity index (χ2n) is 9.91. The highest BCUT2D eigenvalue weighted by molar-refractivity contribution is 5.64. The van der Waals surface area contributed by atoms with Gasteiger partial charge >= 0.3 is 0 Å². The second-order valence-corrected chi connectivity index (χ2v) is 9.91. The zero-order chi connectivity index (χ0) is 17.8. The minimum absolute atomic E-state index is 0.0714. The van der Waals surface area contributed by atoms with E-state index in [0.29, 0.717) is 35.0 Å². The molecule has 4 aliphatic rings. The number of allylic oxidation sites excluding steroid dienone is 2. The first-order chi connectivity index (χ1) is 11.9. The van der Waals surface area contributed by atoms with Crippen LogP contribution in [0.5, 0.6) is 0 Å². The predicted octanol–water partition coefficient (Wildman–Crippen LogP) is 3.73. The van der Waals surface area contributed by atoms with Crippen LogP contribution in [-0.2, 0) is 4.79 Å². The van der Waals surface area contributed by atoms with Crippen LogP contribution < -0.4 is 0 Å². The molecular weight excluding hydrogens is 312 g/mol. The lowest BCUT2D eigenvalue weighted by Gasteiger charge is -2.62. The van der Waals surface area contributed by atoms with E-state index in [2.05, 4.69) is 19.9 Å². The first-order valence-electron chi connectivity index (χ1n) is 10.4. The van der Waals surface area contributed by atoms with Crippen LogP contribution in [-0.4, -0.2) is 28.7 Å². The molecule has 0 spiro atoms. The van der Waals surface area contributed by atoms with Crippen LogP contribution in [0.2, 0.25) is 0 Å². The number of aliphatic hydroxyl groups is 2. The Hall–Kier alpha value is -0.670. The lowest BCUT2D eigenvalue weighted by Crippen LogP contribution is -2.58. The van der Waals surface area contributed by atoms with Gasteiger partial charge in [-0.25, -0.2) is 0 Å². The number of aliphatic hydroxyl groups excluding tert-OH is 2. The summed E-state index contributed by atoms with van der Waals surface area (Å²) in [6.45, 7) is 4.74. The van der Waals surface area contributed by atoms with Crippen molar-refractivity contribution in [3.8, 4) is 0 Å². The molecule has 4 saturated carbocycles. The maximum Gasteiger partial charge on any atom is 0.142 e. The first-order valence-corrected chi connectivity index (χ1v) is 10.4. The predicted molar refractivity (Wildman–Crippen MR) is 97.8 cm³/mol. The minimum atomic E-state index is -0.273. The standard InChI is InChI=1S/C22H34O3/c1-21-10-9-16(24)12-15(21)5-7-17-18-8-6-14(4-3-11-23)22(18,2)20(25)13-19(17)21/h3-4,11,14-20,24-25H,5-10,12-13H2,1-2H3/b4-3-/t14?,15-,16-,17+,18+,19+,20+,21+,22-/m1/s1. The maximum atomic E-state index is 11.2. The Morgan fingerprint density at radius 2 is 1.76 bits per heavy atom. The molecule has 0 saturated heterocycles. The normalized spacial score (nSPS) is 55.4. The molecule has 4 aliphatic carbocycles. The van der Waals surface area contributed by atoms with Crippen LogP contribution in [0, 0.1) is 40.4 Å². The lowest BCUT2D eigenvalue weighted by molar-refractivity contribution is -0.167. The second kappa shape index (κ2) is 6.20. The molecule has 0 aliphatic heterocycles. The van der Waals surface area contributed by atoms with Crippen molar-refractivity contribution >= 4 is 6.29 Å². The van der Waals surface area contributed by atoms with E-state index in [1.54, 1.807) is 6.08 Å². The number of carbonyl (C=O) groups excluding carboxylic acids is 1. The third-order valence-electron chi connectivity index (χ3n) is 9.24. The Balaban J connectivity index is 1.63. The van der Waals surface area contributed by atoms with Gasteiger partial charge in [0.25, 0.3) is 0 Å². The minimum Gasteiger partial charge on any atom is -0.393 e. The molecule has 140 valence electrons. The van der Waals surface area contributed by atoms with Crippen molar-refractivity contribution < 1.29 is 15.0 Å². The molecule has 1 unspecified atom stereocenters. The molecule has 25 heavy (non-hydrogen) atoms. The van der Waals surface area contributed by atoms with Crippen molar-refractivity contribution in [3.63, 3.8) is 0 Å². The first kappa shape index (κ1) is 17.7. The molecular formula is C22H34O3. The third-order valence-corrected chi connectivity index (χ3v) is 9.24. The van der Waals surface area contributed by atoms with Crippen LogP contribution in [0.4, 0.5) is 0 Å². The number of hydrogen-bond acceptors (Lipinski definition) is 3. The van der Waals surface area contributed by atoms with Gasteiger partial charge in [0.15, 0.2) is 0 Å². The summed E-state index contributed by atoms with van der Waals surface area (Å²) in [4.78, 5) is 10.8. The number of rotatable bonds is 2. The molecule has 0 heterocycles. The highest BCUT2D eigenvalue weighted by atomic mass is 16.3. The fourth-order valence-corrected chi connectivity index (χ4v) is 7.75. The fourth-order valence-electron chi connectivity index (χ4n) is 7.75. The molecule has 2 N–H and O–H groups in total. The van der Waals surface area contributed by atoms with Crippen LogP contribution >= 0.6 is 0 Å². The summed E-state index contributed by atoms with van der Waals surface area (Å²) < 4.78 is 0. The van der Waals surface area contributed by atoms with Gasteiger partial charge in [0.2, 0.25) is 0 Å². The number of fused-ring (bicyclic) bond motifs is 5. The summed E-state index contributed by atoms with van der Waals surface area (Å²) in [6.07, 6.45) is 12.9. The van der Waals surface area contributed by atoms with Crippen LogP contribution in [0.3, 0.4) is 0 Å². The summed E-state index contributed by atoms with van der Waals surface area (Å²) >= 11 is 0. The van der Waals surface area contributed by atoms with E-state index >= 15 is 0 Å². The van der Waals surface area contributed by atoms with Crippen LogP contribution in [0.25, 0.3) is 0 Å². The van der Waals surface area contributed by atoms with Gasteiger partial charge in [0.05, 0.1) is 12.2 Å². The Morgan fingerprint density at radius 3 is 2.52 bits per heavy atom. The SMILES string of the molecule is C[C@]12CC[C@@H](O)C[C@H]1CC[C@@H]1[C@@H]2C[C@H](O)[C@]2(C)C(/C=C\C=O)CC[C@@H]12. The monoisotopic (exact) mass is 346 g/mol. The van der Waals surface area contributed by atoms with Crippen molar-refractivity contribution in [2.45, 2.75) is 77.4 Å². The van der Waals surface area contributed by atoms with Crippen molar-refractivity contribution in [1.82, 2.24) is 0 Å². The van der Waals surface area contributed by atoms with Crippen molar-refractivity contribution in [2.75, 3.05) is 0 Å². The van der Waals surface area contributed by atoms with E-state index in [0.717, 1.165) is 38.4 Å². The Morgan fingerprint density at radius 1 is 0.960 bits per heavy atom. The zero-order valence-corrected chi connectivity index (χ0v) is 15.7. The largest absolute Gasteiger partial charge is 0.393 e. The van der Waals surface area contributed by atoms with E-state index in [9.17, 15) is 15.0 Å². The van der Waals surface area contributed by atoms with Gasteiger partial charge in [0, 0.05) is 5.41 Å². The van der Waals surface area contributed by atoms with Crippen LogP contribution in [0.1, 0.15) is 65.2 Å². The maximum absolute atomic E-state index is 11.2. The highest BCUT2D eigenvalue weighted by Gasteiger charge is 2.62. The van der Waals surface area contributed by atoms with Crippen molar-refractivity contribution in [1.29, 1.82) is 0 Å². The summed E-state index contributed by atoms with van der Waals surface area (Å²) in [6, 6.07) is 0. The van der Waals surface area contributed by atoms with Gasteiger partial charge in [-0.2, -0.15) is 0 Å². The van der Waals surface area contributed by atoms with Gasteiger partial charge in [-0.3, -0.25) is 4.79 Å². The van der Waals surface area contributed by atoms with Gasteiger partial charge in [-0.05, 0) is 92.4 Å². The Labute approximate surface area is 151 Å². The third kappa shape index (κ3) is 2.49. The van der Waals surface area contributed by atoms with Gasteiger partial charge in [0.1, 0.15) is 6.29 Å². The van der Waals surface area contributed by atoms with Gasteiger partial charge in [-0.1, -0.05) is 19.9 Å². The molecule has 9 atom stereocenters. The van der Waals surface area contributed by atoms with Crippen molar-refractivity contribution in [2.24, 2.45) is 40.4 Å². The average molecular weight is 347 g/mol. The molecule has 3 heteroatoms. The molecule has 0 radical (unpaired) electrons. The van der Waals surface area contributed by atoms with Gasteiger partial charge in [-0.15, -0.1) is 0 Å². The van der Waals surface area contributed by atoms with E-state index in [4.69, 9.17) is 0 Å². The van der Waals surface area contributed by atoms with E-state index < -0.39 is 0 Å². The fraction of sp³-hybridized carbons (Fsp3) is 0.864. The van der Waals surface area contributed by atoms with E-state index in [-0.39, 0.29) is 17.6 Å². The van der Waals surface area contributed by atoms with Crippen LogP contribution in [0.15, 0.2) is 12.2 Å². The molecule has 0 bridgehead atoms. The highest BCUT2D eigenvalue weighted by Crippen LogP contribution is 2.67. The van der Waals surface area contributed by atoms with Gasteiger partial charge < -0.3 is 10.2 Å². The molecule has 4 fully saturated rings. The molecule has 0 aromatic rings. The summed E-state index contributed by atoms with van der Waals surface area (Å²) in [5.74, 6) is 2.84. The molecule has 0 aromatic heterocycles. The molecule has 0 amide bonds. The van der Waals surface area contributed by atoms with E-state index in [1.165, 1.54) is 19.3 Å². The lowest BCUT2D eigenvalue weighted by atomic mass is 9.44. The average Bonchev–Trinajstić information content (AvgIpc) is 2.93. The molecule has 3 nitrogen and oxygen atoms in total. The smallest absolute Gasteiger partial charge is 0.142 e. The topological polar surface area (TPSA) is 57.5 Å². The quantitative estimate of drug-likeness (QED) is 0.592. The number of hydrogen-bond donors (Lipinski definition) is 2. The molecule has 0 aromatic carbocycles. The van der Waals surface area contributed by atoms with E-state index in [1.807, 2.05) is 0 Å².